The number of amides is 1. The van der Waals surface area contributed by atoms with Crippen LogP contribution in [-0.4, -0.2) is 28.8 Å². The summed E-state index contributed by atoms with van der Waals surface area (Å²) in [5, 5.41) is 21.6. The van der Waals surface area contributed by atoms with Gasteiger partial charge in [-0.1, -0.05) is 49.4 Å². The number of hydrogen-bond acceptors (Lipinski definition) is 3. The van der Waals surface area contributed by atoms with E-state index in [9.17, 15) is 15.0 Å². The number of carbonyl (C=O) groups excluding carboxylic acids is 1. The third kappa shape index (κ3) is 5.42. The maximum Gasteiger partial charge on any atom is 0.220 e. The predicted octanol–water partition coefficient (Wildman–Crippen LogP) is 2.61. The molecule has 0 saturated heterocycles. The number of carbonyl (C=O) groups is 1. The van der Waals surface area contributed by atoms with Gasteiger partial charge in [0.15, 0.2) is 0 Å². The molecule has 0 aliphatic carbocycles. The fourth-order valence-electron chi connectivity index (χ4n) is 2.54. The highest BCUT2D eigenvalue weighted by molar-refractivity contribution is 5.77. The molecule has 0 heterocycles. The van der Waals surface area contributed by atoms with Gasteiger partial charge in [-0.05, 0) is 35.6 Å². The van der Waals surface area contributed by atoms with E-state index in [-0.39, 0.29) is 30.2 Å². The van der Waals surface area contributed by atoms with E-state index in [0.717, 1.165) is 11.1 Å². The zero-order chi connectivity index (χ0) is 16.7. The van der Waals surface area contributed by atoms with Gasteiger partial charge in [-0.25, -0.2) is 0 Å². The first kappa shape index (κ1) is 17.0. The Balaban J connectivity index is 1.88. The summed E-state index contributed by atoms with van der Waals surface area (Å²) < 4.78 is 0. The molecule has 0 aliphatic rings. The minimum absolute atomic E-state index is 0.0702. The molecular formula is C19H23NO3. The molecule has 0 spiro atoms. The summed E-state index contributed by atoms with van der Waals surface area (Å²) in [5.41, 5.74) is 2.08. The van der Waals surface area contributed by atoms with E-state index in [2.05, 4.69) is 5.32 Å². The van der Waals surface area contributed by atoms with Crippen molar-refractivity contribution in [3.8, 4) is 5.75 Å². The standard InChI is InChI=1S/C19H23NO3/c1-14(16-5-3-2-4-6-16)11-19(23)20-17(13-21)12-15-7-9-18(22)10-8-15/h2-10,14,17,21-22H,11-13H2,1H3,(H,20,23)/t14?,17-/m0/s1. The Morgan fingerprint density at radius 3 is 2.35 bits per heavy atom. The fourth-order valence-corrected chi connectivity index (χ4v) is 2.54. The average Bonchev–Trinajstić information content (AvgIpc) is 2.57. The Hall–Kier alpha value is -2.33. The van der Waals surface area contributed by atoms with E-state index in [0.29, 0.717) is 12.8 Å². The van der Waals surface area contributed by atoms with Gasteiger partial charge in [-0.2, -0.15) is 0 Å². The molecule has 0 saturated carbocycles. The van der Waals surface area contributed by atoms with Crippen molar-refractivity contribution >= 4 is 5.91 Å². The minimum atomic E-state index is -0.324. The summed E-state index contributed by atoms with van der Waals surface area (Å²) in [6.07, 6.45) is 0.915. The third-order valence-corrected chi connectivity index (χ3v) is 3.86. The van der Waals surface area contributed by atoms with Crippen molar-refractivity contribution in [3.63, 3.8) is 0 Å². The number of benzene rings is 2. The quantitative estimate of drug-likeness (QED) is 0.736. The molecule has 3 N–H and O–H groups in total. The number of rotatable bonds is 7. The third-order valence-electron chi connectivity index (χ3n) is 3.86. The molecule has 0 fully saturated rings. The Bertz CT molecular complexity index is 610. The molecule has 1 amide bonds. The van der Waals surface area contributed by atoms with Crippen LogP contribution in [0, 0.1) is 0 Å². The molecule has 0 radical (unpaired) electrons. The van der Waals surface area contributed by atoms with Crippen LogP contribution in [0.25, 0.3) is 0 Å². The summed E-state index contributed by atoms with van der Waals surface area (Å²) in [5.74, 6) is 0.262. The molecule has 0 aliphatic heterocycles. The van der Waals surface area contributed by atoms with Gasteiger partial charge in [0.25, 0.3) is 0 Å². The first-order chi connectivity index (χ1) is 11.1. The molecule has 4 nitrogen and oxygen atoms in total. The topological polar surface area (TPSA) is 69.6 Å². The van der Waals surface area contributed by atoms with Gasteiger partial charge in [-0.3, -0.25) is 4.79 Å². The summed E-state index contributed by atoms with van der Waals surface area (Å²) >= 11 is 0. The number of nitrogens with one attached hydrogen (secondary N) is 1. The van der Waals surface area contributed by atoms with Crippen LogP contribution < -0.4 is 5.32 Å². The number of phenolic OH excluding ortho intramolecular Hbond substituents is 1. The zero-order valence-corrected chi connectivity index (χ0v) is 13.3. The van der Waals surface area contributed by atoms with Crippen LogP contribution in [0.4, 0.5) is 0 Å². The largest absolute Gasteiger partial charge is 0.508 e. The van der Waals surface area contributed by atoms with Crippen LogP contribution in [0.15, 0.2) is 54.6 Å². The van der Waals surface area contributed by atoms with Crippen LogP contribution in [0.2, 0.25) is 0 Å². The lowest BCUT2D eigenvalue weighted by Gasteiger charge is -2.18. The van der Waals surface area contributed by atoms with Crippen molar-refractivity contribution in [2.45, 2.75) is 31.7 Å². The van der Waals surface area contributed by atoms with Gasteiger partial charge in [-0.15, -0.1) is 0 Å². The highest BCUT2D eigenvalue weighted by Crippen LogP contribution is 2.18. The molecule has 2 atom stereocenters. The molecule has 0 aromatic heterocycles. The van der Waals surface area contributed by atoms with Crippen molar-refractivity contribution in [2.24, 2.45) is 0 Å². The SMILES string of the molecule is CC(CC(=O)N[C@H](CO)Cc1ccc(O)cc1)c1ccccc1. The second-order valence-electron chi connectivity index (χ2n) is 5.83. The monoisotopic (exact) mass is 313 g/mol. The minimum Gasteiger partial charge on any atom is -0.508 e. The predicted molar refractivity (Wildman–Crippen MR) is 90.3 cm³/mol. The first-order valence-electron chi connectivity index (χ1n) is 7.81. The molecule has 2 aromatic carbocycles. The van der Waals surface area contributed by atoms with E-state index in [1.807, 2.05) is 37.3 Å². The number of hydrogen-bond donors (Lipinski definition) is 3. The zero-order valence-electron chi connectivity index (χ0n) is 13.3. The maximum absolute atomic E-state index is 12.2. The van der Waals surface area contributed by atoms with Crippen molar-refractivity contribution in [2.75, 3.05) is 6.61 Å². The lowest BCUT2D eigenvalue weighted by Crippen LogP contribution is -2.39. The normalized spacial score (nSPS) is 13.3. The van der Waals surface area contributed by atoms with Gasteiger partial charge >= 0.3 is 0 Å². The number of phenols is 1. The van der Waals surface area contributed by atoms with Gasteiger partial charge < -0.3 is 15.5 Å². The molecule has 2 rings (SSSR count). The molecule has 23 heavy (non-hydrogen) atoms. The summed E-state index contributed by atoms with van der Waals surface area (Å²) in [6, 6.07) is 16.4. The van der Waals surface area contributed by atoms with E-state index < -0.39 is 0 Å². The number of aromatic hydroxyl groups is 1. The second kappa shape index (κ2) is 8.34. The van der Waals surface area contributed by atoms with E-state index in [1.165, 1.54) is 0 Å². The summed E-state index contributed by atoms with van der Waals surface area (Å²) in [4.78, 5) is 12.2. The van der Waals surface area contributed by atoms with Crippen molar-refractivity contribution < 1.29 is 15.0 Å². The first-order valence-corrected chi connectivity index (χ1v) is 7.81. The molecule has 4 heteroatoms. The molecule has 2 aromatic rings. The van der Waals surface area contributed by atoms with Crippen molar-refractivity contribution in [3.05, 3.63) is 65.7 Å². The fraction of sp³-hybridized carbons (Fsp3) is 0.316. The second-order valence-corrected chi connectivity index (χ2v) is 5.83. The molecule has 0 bridgehead atoms. The van der Waals surface area contributed by atoms with Crippen LogP contribution in [0.5, 0.6) is 5.75 Å². The molecule has 122 valence electrons. The Morgan fingerprint density at radius 1 is 1.09 bits per heavy atom. The lowest BCUT2D eigenvalue weighted by atomic mass is 9.97. The van der Waals surface area contributed by atoms with Gasteiger partial charge in [0.1, 0.15) is 5.75 Å². The van der Waals surface area contributed by atoms with Crippen LogP contribution in [-0.2, 0) is 11.2 Å². The highest BCUT2D eigenvalue weighted by Gasteiger charge is 2.15. The molecule has 1 unspecified atom stereocenters. The Kier molecular flexibility index (Phi) is 6.18. The average molecular weight is 313 g/mol. The van der Waals surface area contributed by atoms with Crippen LogP contribution >= 0.6 is 0 Å². The molecular weight excluding hydrogens is 290 g/mol. The van der Waals surface area contributed by atoms with Crippen LogP contribution in [0.3, 0.4) is 0 Å². The number of aliphatic hydroxyl groups is 1. The van der Waals surface area contributed by atoms with Crippen molar-refractivity contribution in [1.82, 2.24) is 5.32 Å². The smallest absolute Gasteiger partial charge is 0.220 e. The Morgan fingerprint density at radius 2 is 1.74 bits per heavy atom. The summed E-state index contributed by atoms with van der Waals surface area (Å²) in [6.45, 7) is 1.90. The van der Waals surface area contributed by atoms with E-state index in [1.54, 1.807) is 24.3 Å². The summed E-state index contributed by atoms with van der Waals surface area (Å²) in [7, 11) is 0. The maximum atomic E-state index is 12.2. The highest BCUT2D eigenvalue weighted by atomic mass is 16.3. The van der Waals surface area contributed by atoms with Crippen LogP contribution in [0.1, 0.15) is 30.4 Å². The number of aliphatic hydroxyl groups excluding tert-OH is 1. The van der Waals surface area contributed by atoms with E-state index in [4.69, 9.17) is 0 Å². The van der Waals surface area contributed by atoms with Gasteiger partial charge in [0.2, 0.25) is 5.91 Å². The van der Waals surface area contributed by atoms with Crippen molar-refractivity contribution in [1.29, 1.82) is 0 Å². The van der Waals surface area contributed by atoms with Gasteiger partial charge in [0.05, 0.1) is 12.6 Å². The Labute approximate surface area is 136 Å². The van der Waals surface area contributed by atoms with Gasteiger partial charge in [0, 0.05) is 6.42 Å². The van der Waals surface area contributed by atoms with E-state index >= 15 is 0 Å². The lowest BCUT2D eigenvalue weighted by molar-refractivity contribution is -0.122.